The Kier molecular flexibility index (Phi) is 5.05. The van der Waals surface area contributed by atoms with Crippen LogP contribution in [0, 0.1) is 13.8 Å². The number of amides is 1. The van der Waals surface area contributed by atoms with Crippen molar-refractivity contribution in [1.29, 1.82) is 0 Å². The summed E-state index contributed by atoms with van der Waals surface area (Å²) in [6.07, 6.45) is 0. The van der Waals surface area contributed by atoms with E-state index in [2.05, 4.69) is 15.5 Å². The summed E-state index contributed by atoms with van der Waals surface area (Å²) in [6.45, 7) is 3.85. The quantitative estimate of drug-likeness (QED) is 0.553. The molecule has 8 nitrogen and oxygen atoms in total. The Balaban J connectivity index is 1.59. The van der Waals surface area contributed by atoms with Gasteiger partial charge < -0.3 is 10.1 Å². The highest BCUT2D eigenvalue weighted by molar-refractivity contribution is 5.90. The molecule has 2 aromatic heterocycles. The number of nitrogens with one attached hydrogen (secondary N) is 1. The SMILES string of the molecule is COc1cccc(NC(=O)Cn2nc3ccc(-c4ccc(C)c(C)c4)nn3c2=O)c1. The normalized spacial score (nSPS) is 10.9. The van der Waals surface area contributed by atoms with Gasteiger partial charge in [0.05, 0.1) is 12.8 Å². The molecule has 0 spiro atoms. The van der Waals surface area contributed by atoms with Crippen LogP contribution < -0.4 is 15.7 Å². The van der Waals surface area contributed by atoms with Crippen LogP contribution in [0.4, 0.5) is 5.69 Å². The van der Waals surface area contributed by atoms with Crippen molar-refractivity contribution in [2.75, 3.05) is 12.4 Å². The summed E-state index contributed by atoms with van der Waals surface area (Å²) in [5.74, 6) is 0.254. The number of hydrogen-bond donors (Lipinski definition) is 1. The van der Waals surface area contributed by atoms with Crippen LogP contribution in [0.5, 0.6) is 5.75 Å². The number of aryl methyl sites for hydroxylation is 2. The van der Waals surface area contributed by atoms with Gasteiger partial charge in [0, 0.05) is 17.3 Å². The molecule has 2 heterocycles. The van der Waals surface area contributed by atoms with Crippen LogP contribution in [0.2, 0.25) is 0 Å². The lowest BCUT2D eigenvalue weighted by Crippen LogP contribution is -2.28. The maximum absolute atomic E-state index is 12.7. The fourth-order valence-corrected chi connectivity index (χ4v) is 3.10. The third-order valence-corrected chi connectivity index (χ3v) is 4.89. The zero-order valence-electron chi connectivity index (χ0n) is 16.9. The topological polar surface area (TPSA) is 90.5 Å². The standard InChI is InChI=1S/C22H21N5O3/c1-14-7-8-16(11-15(14)2)19-9-10-20-25-26(22(29)27(20)24-19)13-21(28)23-17-5-4-6-18(12-17)30-3/h4-12H,13H2,1-3H3,(H,23,28). The minimum absolute atomic E-state index is 0.224. The van der Waals surface area contributed by atoms with E-state index < -0.39 is 5.69 Å². The molecule has 0 aliphatic heterocycles. The van der Waals surface area contributed by atoms with E-state index in [1.165, 1.54) is 10.1 Å². The highest BCUT2D eigenvalue weighted by atomic mass is 16.5. The van der Waals surface area contributed by atoms with Gasteiger partial charge in [0.25, 0.3) is 0 Å². The lowest BCUT2D eigenvalue weighted by molar-refractivity contribution is -0.117. The largest absolute Gasteiger partial charge is 0.497 e. The molecular formula is C22H21N5O3. The molecule has 2 aromatic carbocycles. The second kappa shape index (κ2) is 7.82. The monoisotopic (exact) mass is 403 g/mol. The number of carbonyl (C=O) groups excluding carboxylic acids is 1. The van der Waals surface area contributed by atoms with Crippen molar-refractivity contribution < 1.29 is 9.53 Å². The van der Waals surface area contributed by atoms with E-state index in [1.807, 2.05) is 38.1 Å². The van der Waals surface area contributed by atoms with Crippen LogP contribution in [0.3, 0.4) is 0 Å². The fraction of sp³-hybridized carbons (Fsp3) is 0.182. The Hall–Kier alpha value is -3.94. The van der Waals surface area contributed by atoms with Gasteiger partial charge in [-0.2, -0.15) is 9.61 Å². The summed E-state index contributed by atoms with van der Waals surface area (Å²) in [5.41, 5.74) is 4.38. The summed E-state index contributed by atoms with van der Waals surface area (Å²) in [7, 11) is 1.55. The Labute approximate surface area is 172 Å². The van der Waals surface area contributed by atoms with Crippen LogP contribution in [-0.2, 0) is 11.3 Å². The number of carbonyl (C=O) groups is 1. The minimum atomic E-state index is -0.475. The van der Waals surface area contributed by atoms with Gasteiger partial charge in [0.2, 0.25) is 5.91 Å². The van der Waals surface area contributed by atoms with Gasteiger partial charge in [0.15, 0.2) is 5.65 Å². The van der Waals surface area contributed by atoms with E-state index in [1.54, 1.807) is 37.4 Å². The highest BCUT2D eigenvalue weighted by Gasteiger charge is 2.13. The molecule has 4 aromatic rings. The molecule has 0 saturated carbocycles. The van der Waals surface area contributed by atoms with Gasteiger partial charge in [0.1, 0.15) is 12.3 Å². The molecule has 1 N–H and O–H groups in total. The molecule has 0 aliphatic carbocycles. The molecule has 4 rings (SSSR count). The molecule has 1 amide bonds. The van der Waals surface area contributed by atoms with Gasteiger partial charge in [-0.1, -0.05) is 18.2 Å². The van der Waals surface area contributed by atoms with Gasteiger partial charge in [-0.15, -0.1) is 5.10 Å². The van der Waals surface area contributed by atoms with Crippen LogP contribution >= 0.6 is 0 Å². The number of methoxy groups -OCH3 is 1. The van der Waals surface area contributed by atoms with Crippen molar-refractivity contribution in [3.63, 3.8) is 0 Å². The molecule has 0 fully saturated rings. The molecule has 0 unspecified atom stereocenters. The number of benzene rings is 2. The molecule has 30 heavy (non-hydrogen) atoms. The predicted molar refractivity (Wildman–Crippen MR) is 114 cm³/mol. The smallest absolute Gasteiger partial charge is 0.367 e. The van der Waals surface area contributed by atoms with Crippen molar-refractivity contribution in [2.45, 2.75) is 20.4 Å². The maximum Gasteiger partial charge on any atom is 0.367 e. The van der Waals surface area contributed by atoms with Crippen LogP contribution in [-0.4, -0.2) is 32.4 Å². The van der Waals surface area contributed by atoms with E-state index in [0.717, 1.165) is 15.8 Å². The lowest BCUT2D eigenvalue weighted by atomic mass is 10.0. The van der Waals surface area contributed by atoms with Gasteiger partial charge in [-0.05, 0) is 55.3 Å². The zero-order valence-corrected chi connectivity index (χ0v) is 16.9. The molecule has 0 atom stereocenters. The summed E-state index contributed by atoms with van der Waals surface area (Å²) in [5, 5.41) is 11.4. The Morgan fingerprint density at radius 1 is 1.03 bits per heavy atom. The van der Waals surface area contributed by atoms with Crippen molar-refractivity contribution in [3.05, 3.63) is 76.2 Å². The molecule has 152 valence electrons. The summed E-state index contributed by atoms with van der Waals surface area (Å²) in [4.78, 5) is 25.1. The number of ether oxygens (including phenoxy) is 1. The number of aromatic nitrogens is 4. The molecule has 0 aliphatic rings. The Morgan fingerprint density at radius 2 is 1.87 bits per heavy atom. The second-order valence-electron chi connectivity index (χ2n) is 7.01. The van der Waals surface area contributed by atoms with Crippen molar-refractivity contribution >= 4 is 17.2 Å². The van der Waals surface area contributed by atoms with Crippen LogP contribution in [0.1, 0.15) is 11.1 Å². The van der Waals surface area contributed by atoms with Gasteiger partial charge >= 0.3 is 5.69 Å². The van der Waals surface area contributed by atoms with Crippen LogP contribution in [0.25, 0.3) is 16.9 Å². The summed E-state index contributed by atoms with van der Waals surface area (Å²) in [6, 6.07) is 16.5. The van der Waals surface area contributed by atoms with E-state index in [-0.39, 0.29) is 12.5 Å². The highest BCUT2D eigenvalue weighted by Crippen LogP contribution is 2.20. The van der Waals surface area contributed by atoms with Crippen molar-refractivity contribution in [3.8, 4) is 17.0 Å². The van der Waals surface area contributed by atoms with E-state index in [0.29, 0.717) is 22.8 Å². The first-order valence-corrected chi connectivity index (χ1v) is 9.43. The number of anilines is 1. The van der Waals surface area contributed by atoms with E-state index in [9.17, 15) is 9.59 Å². The molecule has 0 saturated heterocycles. The number of rotatable bonds is 5. The van der Waals surface area contributed by atoms with Gasteiger partial charge in [-0.25, -0.2) is 9.48 Å². The first kappa shape index (κ1) is 19.4. The maximum atomic E-state index is 12.7. The zero-order chi connectivity index (χ0) is 21.3. The average Bonchev–Trinajstić information content (AvgIpc) is 3.05. The minimum Gasteiger partial charge on any atom is -0.497 e. The summed E-state index contributed by atoms with van der Waals surface area (Å²) < 4.78 is 7.46. The first-order chi connectivity index (χ1) is 14.4. The molecule has 0 radical (unpaired) electrons. The predicted octanol–water partition coefficient (Wildman–Crippen LogP) is 2.82. The van der Waals surface area contributed by atoms with Crippen molar-refractivity contribution in [2.24, 2.45) is 0 Å². The van der Waals surface area contributed by atoms with Gasteiger partial charge in [-0.3, -0.25) is 4.79 Å². The lowest BCUT2D eigenvalue weighted by Gasteiger charge is -2.06. The first-order valence-electron chi connectivity index (χ1n) is 9.43. The fourth-order valence-electron chi connectivity index (χ4n) is 3.10. The molecular weight excluding hydrogens is 382 g/mol. The third-order valence-electron chi connectivity index (χ3n) is 4.89. The average molecular weight is 403 g/mol. The third kappa shape index (κ3) is 3.80. The van der Waals surface area contributed by atoms with E-state index >= 15 is 0 Å². The Bertz CT molecular complexity index is 1310. The number of nitrogens with zero attached hydrogens (tertiary/aromatic N) is 4. The number of fused-ring (bicyclic) bond motifs is 1. The van der Waals surface area contributed by atoms with Crippen LogP contribution in [0.15, 0.2) is 59.4 Å². The molecule has 8 heteroatoms. The number of hydrogen-bond acceptors (Lipinski definition) is 5. The second-order valence-corrected chi connectivity index (χ2v) is 7.01. The van der Waals surface area contributed by atoms with E-state index in [4.69, 9.17) is 4.74 Å². The van der Waals surface area contributed by atoms with Crippen molar-refractivity contribution in [1.82, 2.24) is 19.4 Å². The summed E-state index contributed by atoms with van der Waals surface area (Å²) >= 11 is 0. The Morgan fingerprint density at radius 3 is 2.63 bits per heavy atom. The molecule has 0 bridgehead atoms.